The molecule has 0 spiro atoms. The van der Waals surface area contributed by atoms with Crippen LogP contribution in [0, 0.1) is 0 Å². The zero-order chi connectivity index (χ0) is 13.7. The Morgan fingerprint density at radius 1 is 1.44 bits per heavy atom. The average molecular weight is 253 g/mol. The van der Waals surface area contributed by atoms with E-state index in [1.54, 1.807) is 32.3 Å². The van der Waals surface area contributed by atoms with Crippen molar-refractivity contribution in [2.45, 2.75) is 13.8 Å². The SMILES string of the molecule is CCOC(=O)c1c(N(C)C(C)=O)ccc[n+]1OC. The zero-order valence-electron chi connectivity index (χ0n) is 11.0. The number of amides is 1. The topological polar surface area (TPSA) is 59.7 Å². The molecule has 0 bridgehead atoms. The van der Waals surface area contributed by atoms with E-state index >= 15 is 0 Å². The third-order valence-electron chi connectivity index (χ3n) is 2.44. The van der Waals surface area contributed by atoms with Crippen LogP contribution in [-0.2, 0) is 9.53 Å². The molecule has 1 heterocycles. The maximum absolute atomic E-state index is 11.9. The van der Waals surface area contributed by atoms with Crippen molar-refractivity contribution >= 4 is 17.6 Å². The Balaban J connectivity index is 3.33. The van der Waals surface area contributed by atoms with Gasteiger partial charge in [-0.25, -0.2) is 4.79 Å². The van der Waals surface area contributed by atoms with Crippen LogP contribution in [0.1, 0.15) is 24.3 Å². The van der Waals surface area contributed by atoms with Gasteiger partial charge in [-0.05, 0) is 13.0 Å². The molecule has 0 aliphatic rings. The Bertz CT molecular complexity index is 459. The maximum Gasteiger partial charge on any atom is 0.410 e. The number of rotatable bonds is 4. The molecule has 0 radical (unpaired) electrons. The molecule has 18 heavy (non-hydrogen) atoms. The molecule has 0 aliphatic carbocycles. The molecule has 0 aliphatic heterocycles. The number of anilines is 1. The first-order valence-corrected chi connectivity index (χ1v) is 5.53. The van der Waals surface area contributed by atoms with Gasteiger partial charge in [0, 0.05) is 24.8 Å². The Morgan fingerprint density at radius 3 is 2.61 bits per heavy atom. The fourth-order valence-corrected chi connectivity index (χ4v) is 1.47. The van der Waals surface area contributed by atoms with Gasteiger partial charge in [0.2, 0.25) is 12.1 Å². The summed E-state index contributed by atoms with van der Waals surface area (Å²) in [6.07, 6.45) is 1.57. The van der Waals surface area contributed by atoms with Crippen molar-refractivity contribution in [3.8, 4) is 0 Å². The highest BCUT2D eigenvalue weighted by molar-refractivity contribution is 5.99. The summed E-state index contributed by atoms with van der Waals surface area (Å²) in [6, 6.07) is 3.34. The van der Waals surface area contributed by atoms with E-state index < -0.39 is 5.97 Å². The van der Waals surface area contributed by atoms with E-state index in [0.29, 0.717) is 5.69 Å². The lowest BCUT2D eigenvalue weighted by Gasteiger charge is -2.15. The van der Waals surface area contributed by atoms with E-state index in [9.17, 15) is 9.59 Å². The Morgan fingerprint density at radius 2 is 2.11 bits per heavy atom. The van der Waals surface area contributed by atoms with Crippen LogP contribution in [0.2, 0.25) is 0 Å². The molecule has 1 rings (SSSR count). The maximum atomic E-state index is 11.9. The van der Waals surface area contributed by atoms with Crippen LogP contribution < -0.4 is 14.5 Å². The van der Waals surface area contributed by atoms with E-state index in [1.165, 1.54) is 23.7 Å². The molecule has 0 aromatic carbocycles. The second kappa shape index (κ2) is 6.00. The second-order valence-corrected chi connectivity index (χ2v) is 3.55. The second-order valence-electron chi connectivity index (χ2n) is 3.55. The average Bonchev–Trinajstić information content (AvgIpc) is 2.36. The summed E-state index contributed by atoms with van der Waals surface area (Å²) >= 11 is 0. The van der Waals surface area contributed by atoms with Crippen LogP contribution in [-0.4, -0.2) is 32.6 Å². The minimum absolute atomic E-state index is 0.180. The number of pyridine rings is 1. The molecule has 1 aromatic rings. The van der Waals surface area contributed by atoms with Gasteiger partial charge < -0.3 is 9.64 Å². The molecule has 1 amide bonds. The van der Waals surface area contributed by atoms with Crippen molar-refractivity contribution in [3.05, 3.63) is 24.0 Å². The number of hydrogen-bond acceptors (Lipinski definition) is 4. The number of ether oxygens (including phenoxy) is 1. The number of carbonyl (C=O) groups excluding carboxylic acids is 2. The number of nitrogens with zero attached hydrogens (tertiary/aromatic N) is 2. The van der Waals surface area contributed by atoms with Gasteiger partial charge in [-0.1, -0.05) is 0 Å². The normalized spacial score (nSPS) is 9.78. The van der Waals surface area contributed by atoms with Crippen molar-refractivity contribution in [1.29, 1.82) is 0 Å². The Hall–Kier alpha value is -2.11. The van der Waals surface area contributed by atoms with Crippen molar-refractivity contribution in [3.63, 3.8) is 0 Å². The summed E-state index contributed by atoms with van der Waals surface area (Å²) in [6.45, 7) is 3.38. The van der Waals surface area contributed by atoms with Crippen LogP contribution in [0.3, 0.4) is 0 Å². The van der Waals surface area contributed by atoms with Gasteiger partial charge in [0.1, 0.15) is 12.8 Å². The lowest BCUT2D eigenvalue weighted by Crippen LogP contribution is -2.47. The summed E-state index contributed by atoms with van der Waals surface area (Å²) < 4.78 is 6.23. The fourth-order valence-electron chi connectivity index (χ4n) is 1.47. The number of esters is 1. The summed E-state index contributed by atoms with van der Waals surface area (Å²) in [5.41, 5.74) is 0.616. The van der Waals surface area contributed by atoms with Gasteiger partial charge >= 0.3 is 11.7 Å². The summed E-state index contributed by atoms with van der Waals surface area (Å²) in [5.74, 6) is -0.725. The van der Waals surface area contributed by atoms with Crippen LogP contribution in [0.4, 0.5) is 5.69 Å². The molecular formula is C12H17N2O4+. The molecule has 0 saturated heterocycles. The van der Waals surface area contributed by atoms with Crippen molar-refractivity contribution in [2.24, 2.45) is 0 Å². The first kappa shape index (κ1) is 14.0. The smallest absolute Gasteiger partial charge is 0.410 e. The van der Waals surface area contributed by atoms with Gasteiger partial charge in [0.15, 0.2) is 0 Å². The number of hydrogen-bond donors (Lipinski definition) is 0. The molecule has 0 N–H and O–H groups in total. The minimum atomic E-state index is -0.539. The third-order valence-corrected chi connectivity index (χ3v) is 2.44. The van der Waals surface area contributed by atoms with E-state index in [2.05, 4.69) is 0 Å². The molecule has 98 valence electrons. The largest absolute Gasteiger partial charge is 0.458 e. The lowest BCUT2D eigenvalue weighted by atomic mass is 10.2. The first-order chi connectivity index (χ1) is 8.52. The lowest BCUT2D eigenvalue weighted by molar-refractivity contribution is -0.886. The highest BCUT2D eigenvalue weighted by atomic mass is 16.6. The fraction of sp³-hybridized carbons (Fsp3) is 0.417. The molecule has 6 heteroatoms. The predicted molar refractivity (Wildman–Crippen MR) is 64.2 cm³/mol. The first-order valence-electron chi connectivity index (χ1n) is 5.53. The molecule has 6 nitrogen and oxygen atoms in total. The Labute approximate surface area is 106 Å². The summed E-state index contributed by atoms with van der Waals surface area (Å²) in [5, 5.41) is 0. The van der Waals surface area contributed by atoms with Crippen molar-refractivity contribution in [2.75, 3.05) is 25.7 Å². The summed E-state index contributed by atoms with van der Waals surface area (Å²) in [7, 11) is 3.01. The predicted octanol–water partition coefficient (Wildman–Crippen LogP) is 0.192. The highest BCUT2D eigenvalue weighted by Gasteiger charge is 2.30. The van der Waals surface area contributed by atoms with E-state index in [4.69, 9.17) is 9.57 Å². The monoisotopic (exact) mass is 253 g/mol. The van der Waals surface area contributed by atoms with E-state index in [1.807, 2.05) is 0 Å². The van der Waals surface area contributed by atoms with Gasteiger partial charge in [-0.3, -0.25) is 9.63 Å². The molecule has 0 fully saturated rings. The van der Waals surface area contributed by atoms with Crippen molar-refractivity contribution < 1.29 is 23.9 Å². The highest BCUT2D eigenvalue weighted by Crippen LogP contribution is 2.16. The molecule has 1 aromatic heterocycles. The van der Waals surface area contributed by atoms with Gasteiger partial charge in [-0.15, -0.1) is 0 Å². The molecule has 0 saturated carbocycles. The van der Waals surface area contributed by atoms with Gasteiger partial charge in [0.25, 0.3) is 0 Å². The standard InChI is InChI=1S/C12H17N2O4/c1-5-18-12(16)11-10(13(3)9(2)15)7-6-8-14(11)17-4/h6-8H,5H2,1-4H3/q+1. The van der Waals surface area contributed by atoms with Crippen LogP contribution in [0.25, 0.3) is 0 Å². The van der Waals surface area contributed by atoms with Crippen LogP contribution in [0.5, 0.6) is 0 Å². The molecular weight excluding hydrogens is 236 g/mol. The van der Waals surface area contributed by atoms with E-state index in [0.717, 1.165) is 0 Å². The van der Waals surface area contributed by atoms with Gasteiger partial charge in [-0.2, -0.15) is 0 Å². The molecule has 0 atom stereocenters. The van der Waals surface area contributed by atoms with Crippen LogP contribution in [0.15, 0.2) is 18.3 Å². The Kier molecular flexibility index (Phi) is 4.65. The van der Waals surface area contributed by atoms with E-state index in [-0.39, 0.29) is 18.2 Å². The summed E-state index contributed by atoms with van der Waals surface area (Å²) in [4.78, 5) is 29.7. The number of aromatic nitrogens is 1. The third kappa shape index (κ3) is 2.77. The zero-order valence-corrected chi connectivity index (χ0v) is 11.0. The minimum Gasteiger partial charge on any atom is -0.458 e. The van der Waals surface area contributed by atoms with Gasteiger partial charge in [0.05, 0.1) is 6.61 Å². The van der Waals surface area contributed by atoms with Crippen molar-refractivity contribution in [1.82, 2.24) is 0 Å². The van der Waals surface area contributed by atoms with Crippen LogP contribution >= 0.6 is 0 Å². The number of carbonyl (C=O) groups is 2. The quantitative estimate of drug-likeness (QED) is 0.568. The molecule has 0 unspecified atom stereocenters.